The van der Waals surface area contributed by atoms with Gasteiger partial charge in [0.1, 0.15) is 11.2 Å². The molecule has 10 bridgehead atoms. The number of hydrogen-bond acceptors (Lipinski definition) is 3. The summed E-state index contributed by atoms with van der Waals surface area (Å²) in [6.45, 7) is 2.30. The van der Waals surface area contributed by atoms with E-state index in [0.717, 1.165) is 46.2 Å². The smallest absolute Gasteiger partial charge is 0.137 e. The molecule has 3 heteroatoms. The van der Waals surface area contributed by atoms with Gasteiger partial charge in [0.15, 0.2) is 0 Å². The molecule has 2 unspecified atom stereocenters. The number of fused-ring (bicyclic) bond motifs is 3. The maximum atomic E-state index is 6.59. The van der Waals surface area contributed by atoms with Gasteiger partial charge < -0.3 is 9.73 Å². The van der Waals surface area contributed by atoms with Crippen molar-refractivity contribution in [2.75, 3.05) is 5.32 Å². The fourth-order valence-electron chi connectivity index (χ4n) is 9.01. The lowest BCUT2D eigenvalue weighted by Crippen LogP contribution is -2.15. The Morgan fingerprint density at radius 1 is 0.615 bits per heavy atom. The van der Waals surface area contributed by atoms with E-state index in [-0.39, 0.29) is 5.92 Å². The molecule has 52 heavy (non-hydrogen) atoms. The van der Waals surface area contributed by atoms with Crippen LogP contribution in [0.15, 0.2) is 167 Å². The van der Waals surface area contributed by atoms with Crippen LogP contribution in [0.2, 0.25) is 0 Å². The maximum absolute atomic E-state index is 6.59. The minimum Gasteiger partial charge on any atom is -0.456 e. The third-order valence-corrected chi connectivity index (χ3v) is 12.7. The molecule has 248 valence electrons. The van der Waals surface area contributed by atoms with Crippen molar-refractivity contribution in [3.05, 3.63) is 174 Å². The highest BCUT2D eigenvalue weighted by Gasteiger charge is 2.27. The minimum atomic E-state index is 0.262. The van der Waals surface area contributed by atoms with Gasteiger partial charge in [-0.15, -0.1) is 11.3 Å². The van der Waals surface area contributed by atoms with Gasteiger partial charge in [-0.2, -0.15) is 0 Å². The van der Waals surface area contributed by atoms with Crippen LogP contribution >= 0.6 is 11.3 Å². The molecular formula is C49H35NOS. The summed E-state index contributed by atoms with van der Waals surface area (Å²) >= 11 is 1.87. The number of hydrogen-bond donors (Lipinski definition) is 1. The number of nitrogens with one attached hydrogen (secondary N) is 1. The normalized spacial score (nSPS) is 18.0. The van der Waals surface area contributed by atoms with Gasteiger partial charge in [0, 0.05) is 43.1 Å². The summed E-state index contributed by atoms with van der Waals surface area (Å²) in [5.74, 6) is 0.578. The van der Waals surface area contributed by atoms with Gasteiger partial charge in [-0.05, 0) is 113 Å². The van der Waals surface area contributed by atoms with Crippen LogP contribution in [-0.4, -0.2) is 0 Å². The summed E-state index contributed by atoms with van der Waals surface area (Å²) in [5.41, 5.74) is 15.7. The van der Waals surface area contributed by atoms with E-state index < -0.39 is 0 Å². The molecule has 8 aromatic rings. The van der Waals surface area contributed by atoms with Crippen molar-refractivity contribution in [1.29, 1.82) is 0 Å². The second-order valence-electron chi connectivity index (χ2n) is 14.5. The lowest BCUT2D eigenvalue weighted by atomic mass is 9.74. The van der Waals surface area contributed by atoms with Crippen LogP contribution in [0.25, 0.3) is 69.9 Å². The number of benzene rings is 6. The molecule has 6 heterocycles. The van der Waals surface area contributed by atoms with Gasteiger partial charge in [0.05, 0.1) is 11.1 Å². The molecule has 6 aliphatic rings. The highest BCUT2D eigenvalue weighted by atomic mass is 32.1. The van der Waals surface area contributed by atoms with Gasteiger partial charge >= 0.3 is 0 Å². The zero-order chi connectivity index (χ0) is 34.3. The summed E-state index contributed by atoms with van der Waals surface area (Å²) in [4.78, 5) is 0. The number of thiophene rings is 1. The summed E-state index contributed by atoms with van der Waals surface area (Å²) in [5, 5.41) is 8.73. The molecule has 0 spiro atoms. The maximum Gasteiger partial charge on any atom is 0.137 e. The Morgan fingerprint density at radius 2 is 1.44 bits per heavy atom. The van der Waals surface area contributed by atoms with Crippen LogP contribution in [-0.2, 0) is 0 Å². The van der Waals surface area contributed by atoms with Crippen LogP contribution in [0, 0.1) is 5.92 Å². The predicted octanol–water partition coefficient (Wildman–Crippen LogP) is 14.4. The molecule has 2 aromatic heterocycles. The van der Waals surface area contributed by atoms with Crippen molar-refractivity contribution in [2.45, 2.75) is 25.7 Å². The van der Waals surface area contributed by atoms with E-state index in [1.165, 1.54) is 70.3 Å². The molecule has 0 saturated heterocycles. The van der Waals surface area contributed by atoms with Crippen molar-refractivity contribution in [3.63, 3.8) is 0 Å². The SMILES string of the molecule is CC1=C2CCC(=C1)C1C=CC=CC1c1ccc3c(c1)oc1cccc(c13)Nc1ccc(-c3ccc4c(c3)sc3ccccc34)c(c1)-c1cccc2c1. The summed E-state index contributed by atoms with van der Waals surface area (Å²) < 4.78 is 9.23. The first-order chi connectivity index (χ1) is 25.6. The molecular weight excluding hydrogens is 651 g/mol. The molecule has 2 atom stereocenters. The molecule has 14 rings (SSSR count). The zero-order valence-electron chi connectivity index (χ0n) is 28.8. The first kappa shape index (κ1) is 29.8. The number of anilines is 2. The summed E-state index contributed by atoms with van der Waals surface area (Å²) in [7, 11) is 0. The Kier molecular flexibility index (Phi) is 6.62. The average Bonchev–Trinajstić information content (AvgIpc) is 3.75. The largest absolute Gasteiger partial charge is 0.456 e. The Balaban J connectivity index is 1.14. The topological polar surface area (TPSA) is 25.2 Å². The highest BCUT2D eigenvalue weighted by molar-refractivity contribution is 7.25. The first-order valence-corrected chi connectivity index (χ1v) is 19.1. The minimum absolute atomic E-state index is 0.262. The van der Waals surface area contributed by atoms with Gasteiger partial charge in [0.25, 0.3) is 0 Å². The zero-order valence-corrected chi connectivity index (χ0v) is 29.6. The van der Waals surface area contributed by atoms with Gasteiger partial charge in [-0.1, -0.05) is 109 Å². The Labute approximate surface area is 306 Å². The van der Waals surface area contributed by atoms with E-state index in [1.54, 1.807) is 0 Å². The van der Waals surface area contributed by atoms with Crippen LogP contribution in [0.1, 0.15) is 36.8 Å². The van der Waals surface area contributed by atoms with Crippen LogP contribution < -0.4 is 5.32 Å². The van der Waals surface area contributed by atoms with E-state index in [2.05, 4.69) is 164 Å². The lowest BCUT2D eigenvalue weighted by molar-refractivity contribution is 0.627. The lowest BCUT2D eigenvalue weighted by Gasteiger charge is -2.30. The molecule has 6 aromatic carbocycles. The fourth-order valence-corrected chi connectivity index (χ4v) is 10.2. The van der Waals surface area contributed by atoms with Crippen LogP contribution in [0.4, 0.5) is 11.4 Å². The number of rotatable bonds is 1. The number of furan rings is 1. The molecule has 2 nitrogen and oxygen atoms in total. The Bertz CT molecular complexity index is 2910. The second-order valence-corrected chi connectivity index (χ2v) is 15.6. The molecule has 0 amide bonds. The number of allylic oxidation sites excluding steroid dienone is 8. The van der Waals surface area contributed by atoms with Crippen molar-refractivity contribution in [3.8, 4) is 22.3 Å². The van der Waals surface area contributed by atoms with Crippen LogP contribution in [0.3, 0.4) is 0 Å². The van der Waals surface area contributed by atoms with Gasteiger partial charge in [-0.3, -0.25) is 0 Å². The van der Waals surface area contributed by atoms with E-state index in [0.29, 0.717) is 5.92 Å². The molecule has 4 aliphatic heterocycles. The Hall–Kier alpha value is -5.90. The van der Waals surface area contributed by atoms with Crippen molar-refractivity contribution >= 4 is 70.4 Å². The highest BCUT2D eigenvalue weighted by Crippen LogP contribution is 2.46. The third-order valence-electron chi connectivity index (χ3n) is 11.5. The first-order valence-electron chi connectivity index (χ1n) is 18.3. The molecule has 0 radical (unpaired) electrons. The fraction of sp³-hybridized carbons (Fsp3) is 0.102. The molecule has 0 saturated carbocycles. The van der Waals surface area contributed by atoms with E-state index >= 15 is 0 Å². The quantitative estimate of drug-likeness (QED) is 0.186. The summed E-state index contributed by atoms with van der Waals surface area (Å²) in [6, 6.07) is 45.0. The summed E-state index contributed by atoms with van der Waals surface area (Å²) in [6.07, 6.45) is 13.7. The average molecular weight is 686 g/mol. The van der Waals surface area contributed by atoms with Crippen LogP contribution in [0.5, 0.6) is 0 Å². The molecule has 1 N–H and O–H groups in total. The van der Waals surface area contributed by atoms with Crippen molar-refractivity contribution in [2.24, 2.45) is 5.92 Å². The third kappa shape index (κ3) is 4.69. The van der Waals surface area contributed by atoms with Gasteiger partial charge in [-0.25, -0.2) is 0 Å². The Morgan fingerprint density at radius 3 is 2.38 bits per heavy atom. The standard InChI is InChI=1S/C49H35NOS/c1-29-24-32-16-20-36(29)30-8-6-9-31(25-30)43-28-35(19-23-39(43)34-17-21-41-40-12-4-5-15-47(40)52-48(41)27-34)50-44-13-7-14-45-49(44)42-22-18-33(26-46(42)51-45)38-11-3-2-10-37(32)38/h2-15,17-19,21-28,37-38,50H,16,20H2,1H3. The molecule has 0 fully saturated rings. The van der Waals surface area contributed by atoms with E-state index in [9.17, 15) is 0 Å². The molecule has 2 aliphatic carbocycles. The predicted molar refractivity (Wildman–Crippen MR) is 222 cm³/mol. The van der Waals surface area contributed by atoms with Crippen molar-refractivity contribution < 1.29 is 4.42 Å². The van der Waals surface area contributed by atoms with E-state index in [1.807, 2.05) is 11.3 Å². The van der Waals surface area contributed by atoms with Crippen molar-refractivity contribution in [1.82, 2.24) is 0 Å². The van der Waals surface area contributed by atoms with Gasteiger partial charge in [0.2, 0.25) is 0 Å². The monoisotopic (exact) mass is 685 g/mol. The second kappa shape index (κ2) is 11.6. The van der Waals surface area contributed by atoms with E-state index in [4.69, 9.17) is 4.42 Å².